The Balaban J connectivity index is 0.916. The molecular formula is C41H41FN2O7. The van der Waals surface area contributed by atoms with E-state index in [2.05, 4.69) is 10.3 Å². The zero-order valence-electron chi connectivity index (χ0n) is 28.6. The molecule has 10 atom stereocenters. The first-order valence-electron chi connectivity index (χ1n) is 17.8. The van der Waals surface area contributed by atoms with E-state index in [4.69, 9.17) is 4.74 Å². The third-order valence-electron chi connectivity index (χ3n) is 12.9. The normalized spacial score (nSPS) is 36.4. The van der Waals surface area contributed by atoms with Crippen molar-refractivity contribution in [1.82, 2.24) is 4.98 Å². The van der Waals surface area contributed by atoms with Crippen molar-refractivity contribution >= 4 is 39.9 Å². The smallest absolute Gasteiger partial charge is 0.338 e. The molecule has 0 bridgehead atoms. The molecule has 3 N–H and O–H groups in total. The van der Waals surface area contributed by atoms with Crippen molar-refractivity contribution in [1.29, 1.82) is 0 Å². The fraction of sp³-hybridized carbons (Fsp3) is 0.439. The van der Waals surface area contributed by atoms with Crippen LogP contribution in [0.5, 0.6) is 0 Å². The van der Waals surface area contributed by atoms with Gasteiger partial charge in [0.1, 0.15) is 5.60 Å². The van der Waals surface area contributed by atoms with Crippen LogP contribution in [0.2, 0.25) is 0 Å². The van der Waals surface area contributed by atoms with Gasteiger partial charge in [-0.15, -0.1) is 0 Å². The summed E-state index contributed by atoms with van der Waals surface area (Å²) >= 11 is 0. The zero-order chi connectivity index (χ0) is 35.9. The first-order valence-corrected chi connectivity index (χ1v) is 17.8. The molecule has 8 rings (SSSR count). The zero-order valence-corrected chi connectivity index (χ0v) is 28.6. The lowest BCUT2D eigenvalue weighted by Gasteiger charge is -2.59. The first-order chi connectivity index (χ1) is 24.3. The number of benzene rings is 2. The van der Waals surface area contributed by atoms with Gasteiger partial charge in [-0.1, -0.05) is 36.8 Å². The maximum Gasteiger partial charge on any atom is 0.338 e. The molecule has 0 aliphatic heterocycles. The van der Waals surface area contributed by atoms with Crippen LogP contribution in [0.25, 0.3) is 10.8 Å². The van der Waals surface area contributed by atoms with Crippen molar-refractivity contribution in [2.24, 2.45) is 35.0 Å². The summed E-state index contributed by atoms with van der Waals surface area (Å²) < 4.78 is 22.8. The largest absolute Gasteiger partial charge is 0.454 e. The summed E-state index contributed by atoms with van der Waals surface area (Å²) in [6.45, 7) is 2.81. The van der Waals surface area contributed by atoms with E-state index in [0.717, 1.165) is 16.3 Å². The Bertz CT molecular complexity index is 2040. The Morgan fingerprint density at radius 3 is 2.71 bits per heavy atom. The van der Waals surface area contributed by atoms with Crippen molar-refractivity contribution in [3.05, 3.63) is 95.9 Å². The molecule has 10 heteroatoms. The van der Waals surface area contributed by atoms with Gasteiger partial charge in [-0.3, -0.25) is 19.4 Å². The maximum absolute atomic E-state index is 17.3. The number of hydrogen-bond donors (Lipinski definition) is 3. The van der Waals surface area contributed by atoms with Crippen molar-refractivity contribution < 1.29 is 38.5 Å². The third kappa shape index (κ3) is 5.20. The Labute approximate surface area is 295 Å². The fourth-order valence-electron chi connectivity index (χ4n) is 10.1. The summed E-state index contributed by atoms with van der Waals surface area (Å²) in [5, 5.41) is 28.4. The monoisotopic (exact) mass is 692 g/mol. The number of esters is 1. The highest BCUT2D eigenvalue weighted by atomic mass is 19.1. The van der Waals surface area contributed by atoms with Crippen molar-refractivity contribution in [3.8, 4) is 0 Å². The Morgan fingerprint density at radius 2 is 1.88 bits per heavy atom. The van der Waals surface area contributed by atoms with E-state index in [0.29, 0.717) is 36.9 Å². The number of nitrogens with one attached hydrogen (secondary N) is 1. The third-order valence-corrected chi connectivity index (χ3v) is 12.9. The second-order valence-corrected chi connectivity index (χ2v) is 15.5. The maximum atomic E-state index is 17.3. The summed E-state index contributed by atoms with van der Waals surface area (Å²) in [7, 11) is 0. The number of hydrogen-bond acceptors (Lipinski definition) is 8. The minimum Gasteiger partial charge on any atom is -0.454 e. The highest BCUT2D eigenvalue weighted by molar-refractivity contribution is 6.01. The number of anilines is 1. The summed E-state index contributed by atoms with van der Waals surface area (Å²) in [6, 6.07) is 14.4. The van der Waals surface area contributed by atoms with Crippen molar-refractivity contribution in [2.45, 2.75) is 69.2 Å². The van der Waals surface area contributed by atoms with Gasteiger partial charge in [0.05, 0.1) is 11.7 Å². The number of pyridine rings is 1. The summed E-state index contributed by atoms with van der Waals surface area (Å²) in [6.07, 6.45) is 8.19. The molecule has 5 aliphatic carbocycles. The number of aromatic nitrogens is 1. The molecule has 0 radical (unpaired) electrons. The van der Waals surface area contributed by atoms with Gasteiger partial charge in [-0.2, -0.15) is 0 Å². The molecule has 51 heavy (non-hydrogen) atoms. The van der Waals surface area contributed by atoms with E-state index < -0.39 is 58.9 Å². The number of fused-ring (bicyclic) bond motifs is 6. The second kappa shape index (κ2) is 12.0. The Kier molecular flexibility index (Phi) is 7.92. The number of rotatable bonds is 7. The van der Waals surface area contributed by atoms with E-state index in [1.54, 1.807) is 50.5 Å². The van der Waals surface area contributed by atoms with E-state index in [1.165, 1.54) is 12.2 Å². The quantitative estimate of drug-likeness (QED) is 0.269. The first kappa shape index (κ1) is 33.6. The van der Waals surface area contributed by atoms with Gasteiger partial charge < -0.3 is 20.3 Å². The molecular weight excluding hydrogens is 651 g/mol. The number of carbonyl (C=O) groups is 4. The van der Waals surface area contributed by atoms with Crippen LogP contribution in [0.4, 0.5) is 10.1 Å². The van der Waals surface area contributed by atoms with Crippen LogP contribution in [-0.2, 0) is 19.1 Å². The van der Waals surface area contributed by atoms with Crippen LogP contribution < -0.4 is 5.32 Å². The SMILES string of the molecule is C[C@@H]1C[C@@H]2C(C[C@H](O)[C@@]3(F)[C@H]2CCC2=CC(=O)C=C[C@@]23C)[C@@]1(O)C(=O)COC(=O)c1cccc([C@@H]2C[C@H]2C(=O)Nc2ccc3cnccc3c2)c1. The molecule has 264 valence electrons. The van der Waals surface area contributed by atoms with Crippen LogP contribution in [-0.4, -0.2) is 62.6 Å². The van der Waals surface area contributed by atoms with Crippen molar-refractivity contribution in [2.75, 3.05) is 11.9 Å². The molecule has 1 aromatic heterocycles. The van der Waals surface area contributed by atoms with Crippen molar-refractivity contribution in [3.63, 3.8) is 0 Å². The lowest BCUT2D eigenvalue weighted by atomic mass is 9.48. The molecule has 4 saturated carbocycles. The number of Topliss-reactive ketones (excluding diaryl/α,β-unsaturated/α-hetero) is 1. The number of nitrogens with zero attached hydrogens (tertiary/aromatic N) is 1. The molecule has 9 nitrogen and oxygen atoms in total. The molecule has 0 spiro atoms. The number of carbonyl (C=O) groups excluding carboxylic acids is 4. The minimum absolute atomic E-state index is 0.0698. The Hall–Kier alpha value is -4.54. The fourth-order valence-corrected chi connectivity index (χ4v) is 10.1. The van der Waals surface area contributed by atoms with Crippen LogP contribution in [0.3, 0.4) is 0 Å². The molecule has 1 heterocycles. The average Bonchev–Trinajstić information content (AvgIpc) is 3.89. The predicted octanol–water partition coefficient (Wildman–Crippen LogP) is 5.66. The number of halogens is 1. The van der Waals surface area contributed by atoms with Gasteiger partial charge in [-0.25, -0.2) is 9.18 Å². The van der Waals surface area contributed by atoms with Crippen LogP contribution >= 0.6 is 0 Å². The number of allylic oxidation sites excluding steroid dienone is 4. The lowest BCUT2D eigenvalue weighted by molar-refractivity contribution is -0.191. The van der Waals surface area contributed by atoms with Crippen LogP contribution in [0.15, 0.2) is 84.7 Å². The molecule has 5 aliphatic rings. The van der Waals surface area contributed by atoms with E-state index >= 15 is 4.39 Å². The minimum atomic E-state index is -2.06. The van der Waals surface area contributed by atoms with Gasteiger partial charge in [0.2, 0.25) is 11.7 Å². The molecule has 0 saturated heterocycles. The second-order valence-electron chi connectivity index (χ2n) is 15.5. The average molecular weight is 693 g/mol. The number of amides is 1. The van der Waals surface area contributed by atoms with Gasteiger partial charge >= 0.3 is 5.97 Å². The predicted molar refractivity (Wildman–Crippen MR) is 186 cm³/mol. The molecule has 1 amide bonds. The highest BCUT2D eigenvalue weighted by Gasteiger charge is 2.71. The lowest BCUT2D eigenvalue weighted by Crippen LogP contribution is -2.66. The van der Waals surface area contributed by atoms with E-state index in [9.17, 15) is 29.4 Å². The highest BCUT2D eigenvalue weighted by Crippen LogP contribution is 2.66. The number of alkyl halides is 1. The summed E-state index contributed by atoms with van der Waals surface area (Å²) in [5.41, 5.74) is -2.72. The Morgan fingerprint density at radius 1 is 1.06 bits per heavy atom. The van der Waals surface area contributed by atoms with Gasteiger partial charge in [0.15, 0.2) is 18.1 Å². The van der Waals surface area contributed by atoms with Gasteiger partial charge in [0, 0.05) is 46.6 Å². The summed E-state index contributed by atoms with van der Waals surface area (Å²) in [5.74, 6) is -4.27. The number of ether oxygens (including phenoxy) is 1. The van der Waals surface area contributed by atoms with E-state index in [1.807, 2.05) is 30.3 Å². The number of aliphatic hydroxyl groups excluding tert-OH is 1. The number of aliphatic hydroxyl groups is 2. The van der Waals surface area contributed by atoms with Crippen LogP contribution in [0, 0.1) is 35.0 Å². The van der Waals surface area contributed by atoms with Gasteiger partial charge in [-0.05, 0) is 110 Å². The molecule has 1 unspecified atom stereocenters. The van der Waals surface area contributed by atoms with E-state index in [-0.39, 0.29) is 41.4 Å². The standard InChI is InChI=1S/C41H41FN2O7/c1-22-14-32-33-9-7-27-17-29(45)10-12-39(27,2)41(33,42)35(46)19-34(32)40(22,50)36(47)21-51-38(49)25-5-3-4-24(15-25)30-18-31(30)37(48)44-28-8-6-26-20-43-13-11-23(26)16-28/h3-6,8,10-13,15-17,20,22,30-35,46,50H,7,9,14,18-19,21H2,1-2H3,(H,44,48)/t22-,30+,31-,32+,33+,34?,35+,39+,40-,41+/m1/s1. The van der Waals surface area contributed by atoms with Gasteiger partial charge in [0.25, 0.3) is 0 Å². The molecule has 4 fully saturated rings. The molecule has 2 aromatic carbocycles. The van der Waals surface area contributed by atoms with Crippen LogP contribution in [0.1, 0.15) is 67.8 Å². The molecule has 3 aromatic rings. The summed E-state index contributed by atoms with van der Waals surface area (Å²) in [4.78, 5) is 56.2. The topological polar surface area (TPSA) is 143 Å². The number of ketones is 2.